The summed E-state index contributed by atoms with van der Waals surface area (Å²) in [5.41, 5.74) is 0. The monoisotopic (exact) mass is 409 g/mol. The third-order valence-corrected chi connectivity index (χ3v) is 5.67. The van der Waals surface area contributed by atoms with Gasteiger partial charge in [-0.2, -0.15) is 0 Å². The highest BCUT2D eigenvalue weighted by atomic mass is 16.5. The van der Waals surface area contributed by atoms with Crippen LogP contribution >= 0.6 is 0 Å². The molecule has 3 N–H and O–H groups in total. The molecule has 29 heavy (non-hydrogen) atoms. The number of carbonyl (C=O) groups is 4. The number of rotatable bonds is 12. The molecule has 0 aromatic rings. The van der Waals surface area contributed by atoms with Crippen molar-refractivity contribution in [2.24, 2.45) is 23.7 Å². The SMILES string of the molecule is CCC[C@@H]1C[C@H]1COC(=O)N[C@@H](CC(C)C)C(=O)N[C@H](C=O)C[C@@H]1CCNC1=O. The van der Waals surface area contributed by atoms with Crippen LogP contribution in [0.5, 0.6) is 0 Å². The van der Waals surface area contributed by atoms with Gasteiger partial charge in [0, 0.05) is 12.5 Å². The average Bonchev–Trinajstić information content (AvgIpc) is 3.29. The first-order chi connectivity index (χ1) is 13.8. The van der Waals surface area contributed by atoms with Crippen molar-refractivity contribution in [2.45, 2.75) is 71.4 Å². The molecule has 3 amide bonds. The van der Waals surface area contributed by atoms with Gasteiger partial charge in [0.05, 0.1) is 12.6 Å². The molecule has 1 aliphatic carbocycles. The average molecular weight is 410 g/mol. The zero-order valence-electron chi connectivity index (χ0n) is 17.7. The van der Waals surface area contributed by atoms with Crippen LogP contribution in [-0.2, 0) is 19.1 Å². The highest BCUT2D eigenvalue weighted by Gasteiger charge is 2.37. The summed E-state index contributed by atoms with van der Waals surface area (Å²) in [5, 5.41) is 8.04. The van der Waals surface area contributed by atoms with Crippen molar-refractivity contribution < 1.29 is 23.9 Å². The van der Waals surface area contributed by atoms with E-state index < -0.39 is 24.1 Å². The van der Waals surface area contributed by atoms with Gasteiger partial charge in [-0.1, -0.05) is 33.6 Å². The molecule has 1 heterocycles. The Morgan fingerprint density at radius 2 is 2.03 bits per heavy atom. The van der Waals surface area contributed by atoms with E-state index in [-0.39, 0.29) is 24.2 Å². The molecule has 2 aliphatic rings. The van der Waals surface area contributed by atoms with Crippen molar-refractivity contribution in [3.05, 3.63) is 0 Å². The van der Waals surface area contributed by atoms with Crippen molar-refractivity contribution >= 4 is 24.2 Å². The second-order valence-electron chi connectivity index (χ2n) is 8.73. The first kappa shape index (κ1) is 23.2. The maximum absolute atomic E-state index is 12.7. The molecule has 0 aromatic carbocycles. The molecule has 8 heteroatoms. The zero-order valence-corrected chi connectivity index (χ0v) is 17.7. The van der Waals surface area contributed by atoms with E-state index in [4.69, 9.17) is 4.74 Å². The van der Waals surface area contributed by atoms with Gasteiger partial charge in [-0.15, -0.1) is 0 Å². The molecular formula is C21H35N3O5. The van der Waals surface area contributed by atoms with Crippen LogP contribution in [0, 0.1) is 23.7 Å². The minimum atomic E-state index is -0.784. The van der Waals surface area contributed by atoms with E-state index in [1.54, 1.807) is 0 Å². The Kier molecular flexibility index (Phi) is 8.92. The van der Waals surface area contributed by atoms with Gasteiger partial charge in [0.25, 0.3) is 0 Å². The van der Waals surface area contributed by atoms with E-state index in [0.717, 1.165) is 19.3 Å². The van der Waals surface area contributed by atoms with Gasteiger partial charge in [-0.3, -0.25) is 9.59 Å². The number of hydrogen-bond donors (Lipinski definition) is 3. The van der Waals surface area contributed by atoms with Crippen LogP contribution in [-0.4, -0.2) is 49.4 Å². The number of ether oxygens (including phenoxy) is 1. The van der Waals surface area contributed by atoms with Crippen molar-refractivity contribution in [1.29, 1.82) is 0 Å². The lowest BCUT2D eigenvalue weighted by atomic mass is 9.98. The molecule has 0 bridgehead atoms. The third-order valence-electron chi connectivity index (χ3n) is 5.67. The largest absolute Gasteiger partial charge is 0.449 e. The van der Waals surface area contributed by atoms with Crippen molar-refractivity contribution in [1.82, 2.24) is 16.0 Å². The Labute approximate surface area is 172 Å². The van der Waals surface area contributed by atoms with Crippen LogP contribution < -0.4 is 16.0 Å². The number of hydrogen-bond acceptors (Lipinski definition) is 5. The molecule has 1 saturated heterocycles. The van der Waals surface area contributed by atoms with Crippen LogP contribution in [0.3, 0.4) is 0 Å². The van der Waals surface area contributed by atoms with E-state index >= 15 is 0 Å². The van der Waals surface area contributed by atoms with Gasteiger partial charge in [0.1, 0.15) is 12.3 Å². The van der Waals surface area contributed by atoms with Gasteiger partial charge < -0.3 is 25.5 Å². The summed E-state index contributed by atoms with van der Waals surface area (Å²) >= 11 is 0. The number of nitrogens with one attached hydrogen (secondary N) is 3. The van der Waals surface area contributed by atoms with Crippen molar-refractivity contribution in [2.75, 3.05) is 13.2 Å². The number of amides is 3. The van der Waals surface area contributed by atoms with E-state index in [1.807, 2.05) is 13.8 Å². The van der Waals surface area contributed by atoms with Crippen LogP contribution in [0.1, 0.15) is 59.3 Å². The molecule has 1 aliphatic heterocycles. The molecule has 8 nitrogen and oxygen atoms in total. The number of carbonyl (C=O) groups excluding carboxylic acids is 4. The van der Waals surface area contributed by atoms with Crippen molar-refractivity contribution in [3.63, 3.8) is 0 Å². The summed E-state index contributed by atoms with van der Waals surface area (Å²) in [6.45, 7) is 7.01. The normalized spacial score (nSPS) is 25.1. The number of aldehydes is 1. The molecule has 164 valence electrons. The predicted octanol–water partition coefficient (Wildman–Crippen LogP) is 1.77. The summed E-state index contributed by atoms with van der Waals surface area (Å²) < 4.78 is 5.31. The summed E-state index contributed by atoms with van der Waals surface area (Å²) in [4.78, 5) is 48.0. The van der Waals surface area contributed by atoms with E-state index in [1.165, 1.54) is 0 Å². The molecule has 2 rings (SSSR count). The van der Waals surface area contributed by atoms with Crippen LogP contribution in [0.15, 0.2) is 0 Å². The zero-order chi connectivity index (χ0) is 21.4. The van der Waals surface area contributed by atoms with Gasteiger partial charge in [0.15, 0.2) is 0 Å². The highest BCUT2D eigenvalue weighted by molar-refractivity contribution is 5.88. The minimum Gasteiger partial charge on any atom is -0.449 e. The maximum Gasteiger partial charge on any atom is 0.407 e. The Morgan fingerprint density at radius 1 is 1.28 bits per heavy atom. The van der Waals surface area contributed by atoms with E-state index in [9.17, 15) is 19.2 Å². The minimum absolute atomic E-state index is 0.0898. The third kappa shape index (κ3) is 7.66. The lowest BCUT2D eigenvalue weighted by Crippen LogP contribution is -2.51. The van der Waals surface area contributed by atoms with Gasteiger partial charge in [-0.05, 0) is 43.4 Å². The second kappa shape index (κ2) is 11.2. The molecule has 0 spiro atoms. The lowest BCUT2D eigenvalue weighted by Gasteiger charge is -2.23. The molecule has 1 saturated carbocycles. The Bertz CT molecular complexity index is 595. The van der Waals surface area contributed by atoms with Gasteiger partial charge in [0.2, 0.25) is 11.8 Å². The number of alkyl carbamates (subject to hydrolysis) is 1. The Morgan fingerprint density at radius 3 is 2.62 bits per heavy atom. The summed E-state index contributed by atoms with van der Waals surface area (Å²) in [5.74, 6) is 0.438. The predicted molar refractivity (Wildman–Crippen MR) is 108 cm³/mol. The summed E-state index contributed by atoms with van der Waals surface area (Å²) in [6.07, 6.45) is 4.76. The molecule has 0 radical (unpaired) electrons. The van der Waals surface area contributed by atoms with E-state index in [2.05, 4.69) is 22.9 Å². The topological polar surface area (TPSA) is 114 Å². The quantitative estimate of drug-likeness (QED) is 0.425. The highest BCUT2D eigenvalue weighted by Crippen LogP contribution is 2.41. The first-order valence-electron chi connectivity index (χ1n) is 10.8. The second-order valence-corrected chi connectivity index (χ2v) is 8.73. The molecule has 0 aromatic heterocycles. The first-order valence-corrected chi connectivity index (χ1v) is 10.8. The lowest BCUT2D eigenvalue weighted by molar-refractivity contribution is -0.127. The van der Waals surface area contributed by atoms with Crippen LogP contribution in [0.4, 0.5) is 4.79 Å². The molecule has 2 fully saturated rings. The van der Waals surface area contributed by atoms with Crippen LogP contribution in [0.25, 0.3) is 0 Å². The molecule has 0 unspecified atom stereocenters. The van der Waals surface area contributed by atoms with Crippen molar-refractivity contribution in [3.8, 4) is 0 Å². The maximum atomic E-state index is 12.7. The van der Waals surface area contributed by atoms with E-state index in [0.29, 0.717) is 44.1 Å². The van der Waals surface area contributed by atoms with Crippen LogP contribution in [0.2, 0.25) is 0 Å². The Hall–Kier alpha value is -2.12. The fourth-order valence-corrected chi connectivity index (χ4v) is 3.92. The Balaban J connectivity index is 1.83. The molecule has 5 atom stereocenters. The fourth-order valence-electron chi connectivity index (χ4n) is 3.92. The van der Waals surface area contributed by atoms with Gasteiger partial charge in [-0.25, -0.2) is 4.79 Å². The molecular weight excluding hydrogens is 374 g/mol. The van der Waals surface area contributed by atoms with Gasteiger partial charge >= 0.3 is 6.09 Å². The standard InChI is InChI=1S/C21H35N3O5/c1-4-5-14-9-16(14)12-29-21(28)24-18(8-13(2)3)20(27)23-17(11-25)10-15-6-7-22-19(15)26/h11,13-18H,4-10,12H2,1-3H3,(H,22,26)(H,23,27)(H,24,28)/t14-,15+,16+,17+,18+/m1/s1. The summed E-state index contributed by atoms with van der Waals surface area (Å²) in [6, 6.07) is -1.54. The smallest absolute Gasteiger partial charge is 0.407 e. The summed E-state index contributed by atoms with van der Waals surface area (Å²) in [7, 11) is 0. The fraction of sp³-hybridized carbons (Fsp3) is 0.810.